The van der Waals surface area contributed by atoms with Gasteiger partial charge in [-0.05, 0) is 62.0 Å². The van der Waals surface area contributed by atoms with E-state index in [1.807, 2.05) is 6.07 Å². The predicted octanol–water partition coefficient (Wildman–Crippen LogP) is 8.16. The highest BCUT2D eigenvalue weighted by Crippen LogP contribution is 2.49. The minimum atomic E-state index is -0.396. The molecule has 0 saturated heterocycles. The Hall–Kier alpha value is -2.95. The van der Waals surface area contributed by atoms with Crippen molar-refractivity contribution in [3.63, 3.8) is 0 Å². The zero-order chi connectivity index (χ0) is 24.7. The highest BCUT2D eigenvalue weighted by molar-refractivity contribution is 6.12. The van der Waals surface area contributed by atoms with Gasteiger partial charge in [0.05, 0.1) is 5.70 Å². The van der Waals surface area contributed by atoms with Gasteiger partial charge in [-0.1, -0.05) is 75.4 Å². The van der Waals surface area contributed by atoms with Crippen molar-refractivity contribution in [1.29, 1.82) is 0 Å². The van der Waals surface area contributed by atoms with E-state index < -0.39 is 6.10 Å². The van der Waals surface area contributed by atoms with Crippen molar-refractivity contribution in [2.24, 2.45) is 28.7 Å². The molecule has 3 aromatic rings. The number of nitrogens with one attached hydrogen (secondary N) is 1. The van der Waals surface area contributed by atoms with Crippen LogP contribution in [-0.4, -0.2) is 16.0 Å². The monoisotopic (exact) mass is 468 g/mol. The minimum absolute atomic E-state index is 0.237. The van der Waals surface area contributed by atoms with Crippen molar-refractivity contribution in [2.45, 2.75) is 53.6 Å². The fourth-order valence-electron chi connectivity index (χ4n) is 6.77. The number of aryl methyl sites for hydroxylation is 1. The average molecular weight is 469 g/mol. The number of aromatic nitrogens is 1. The second-order valence-corrected chi connectivity index (χ2v) is 10.7. The molecule has 4 nitrogen and oxygen atoms in total. The summed E-state index contributed by atoms with van der Waals surface area (Å²) in [4.78, 5) is 13.9. The molecule has 2 aliphatic rings. The number of benzene rings is 2. The summed E-state index contributed by atoms with van der Waals surface area (Å²) in [5.74, 6) is 1.85. The van der Waals surface area contributed by atoms with Gasteiger partial charge in [0.2, 0.25) is 0 Å². The van der Waals surface area contributed by atoms with Crippen LogP contribution in [-0.2, 0) is 4.89 Å². The van der Waals surface area contributed by atoms with Crippen LogP contribution in [0, 0.1) is 30.6 Å². The number of hydrogen-bond donors (Lipinski definition) is 2. The van der Waals surface area contributed by atoms with Crippen molar-refractivity contribution in [3.8, 4) is 11.1 Å². The van der Waals surface area contributed by atoms with E-state index in [4.69, 9.17) is 9.88 Å². The lowest BCUT2D eigenvalue weighted by Crippen LogP contribution is -2.34. The summed E-state index contributed by atoms with van der Waals surface area (Å²) in [5, 5.41) is 10.3. The third-order valence-electron chi connectivity index (χ3n) is 8.10. The molecule has 4 heteroatoms. The van der Waals surface area contributed by atoms with Gasteiger partial charge >= 0.3 is 0 Å². The molecule has 2 aromatic carbocycles. The predicted molar refractivity (Wildman–Crippen MR) is 144 cm³/mol. The molecule has 0 radical (unpaired) electrons. The number of nitrogens with zero attached hydrogens (tertiary/aromatic N) is 1. The normalized spacial score (nSPS) is 26.0. The highest BCUT2D eigenvalue weighted by Gasteiger charge is 2.41. The van der Waals surface area contributed by atoms with Crippen LogP contribution in [0.5, 0.6) is 0 Å². The van der Waals surface area contributed by atoms with E-state index in [0.717, 1.165) is 57.9 Å². The summed E-state index contributed by atoms with van der Waals surface area (Å²) in [5.41, 5.74) is 9.59. The maximum Gasteiger partial charge on any atom is 0.123 e. The lowest BCUT2D eigenvalue weighted by atomic mass is 9.66. The van der Waals surface area contributed by atoms with Crippen molar-refractivity contribution < 1.29 is 10.1 Å². The van der Waals surface area contributed by atoms with Crippen LogP contribution in [0.4, 0.5) is 0 Å². The van der Waals surface area contributed by atoms with Gasteiger partial charge in [-0.25, -0.2) is 4.89 Å². The van der Waals surface area contributed by atoms with Crippen molar-refractivity contribution >= 4 is 17.5 Å². The molecule has 35 heavy (non-hydrogen) atoms. The zero-order valence-electron chi connectivity index (χ0n) is 21.4. The summed E-state index contributed by atoms with van der Waals surface area (Å²) in [6.45, 7) is 11.1. The first-order chi connectivity index (χ1) is 16.9. The molecule has 1 aliphatic carbocycles. The molecule has 0 amide bonds. The summed E-state index contributed by atoms with van der Waals surface area (Å²) in [6.07, 6.45) is 4.06. The smallest absolute Gasteiger partial charge is 0.123 e. The molecule has 1 aromatic heterocycles. The van der Waals surface area contributed by atoms with Gasteiger partial charge in [-0.2, -0.15) is 0 Å². The Morgan fingerprint density at radius 1 is 0.943 bits per heavy atom. The lowest BCUT2D eigenvalue weighted by Gasteiger charge is -2.41. The SMILES string of the molecule is CC1=NC(=Cc2[nH]c(C)c(C(OO)C3C(C)CC(C)CC3C)c2-c2ccccc2)c2ccccc21. The zero-order valence-corrected chi connectivity index (χ0v) is 21.4. The maximum atomic E-state index is 10.3. The van der Waals surface area contributed by atoms with Crippen LogP contribution in [0.25, 0.3) is 22.9 Å². The molecular formula is C31H36N2O2. The van der Waals surface area contributed by atoms with Crippen LogP contribution in [0.3, 0.4) is 0 Å². The van der Waals surface area contributed by atoms with E-state index in [1.54, 1.807) is 0 Å². The Morgan fingerprint density at radius 2 is 1.57 bits per heavy atom. The Kier molecular flexibility index (Phi) is 6.52. The second kappa shape index (κ2) is 9.60. The topological polar surface area (TPSA) is 57.6 Å². The Balaban J connectivity index is 1.68. The highest BCUT2D eigenvalue weighted by atomic mass is 17.1. The number of aromatic amines is 1. The van der Waals surface area contributed by atoms with E-state index in [9.17, 15) is 5.26 Å². The number of H-pyrrole nitrogens is 1. The van der Waals surface area contributed by atoms with Gasteiger partial charge in [0.1, 0.15) is 6.10 Å². The maximum absolute atomic E-state index is 10.3. The number of rotatable bonds is 5. The molecule has 5 rings (SSSR count). The molecule has 0 spiro atoms. The number of hydrogen-bond acceptors (Lipinski definition) is 3. The summed E-state index contributed by atoms with van der Waals surface area (Å²) in [7, 11) is 0. The Morgan fingerprint density at radius 3 is 2.23 bits per heavy atom. The van der Waals surface area contributed by atoms with E-state index in [2.05, 4.69) is 94.2 Å². The summed E-state index contributed by atoms with van der Waals surface area (Å²) < 4.78 is 0. The van der Waals surface area contributed by atoms with Crippen molar-refractivity contribution in [3.05, 3.63) is 82.7 Å². The first-order valence-electron chi connectivity index (χ1n) is 12.8. The van der Waals surface area contributed by atoms with Gasteiger partial charge in [0, 0.05) is 39.4 Å². The molecular weight excluding hydrogens is 432 g/mol. The summed E-state index contributed by atoms with van der Waals surface area (Å²) in [6, 6.07) is 18.8. The third kappa shape index (κ3) is 4.30. The fraction of sp³-hybridized carbons (Fsp3) is 0.387. The van der Waals surface area contributed by atoms with E-state index >= 15 is 0 Å². The van der Waals surface area contributed by atoms with Crippen LogP contribution >= 0.6 is 0 Å². The molecule has 1 saturated carbocycles. The van der Waals surface area contributed by atoms with Crippen molar-refractivity contribution in [1.82, 2.24) is 4.98 Å². The van der Waals surface area contributed by atoms with Crippen molar-refractivity contribution in [2.75, 3.05) is 0 Å². The third-order valence-corrected chi connectivity index (χ3v) is 8.10. The van der Waals surface area contributed by atoms with Gasteiger partial charge in [-0.3, -0.25) is 10.2 Å². The molecule has 1 fully saturated rings. The average Bonchev–Trinajstić information content (AvgIpc) is 3.33. The summed E-state index contributed by atoms with van der Waals surface area (Å²) >= 11 is 0. The van der Waals surface area contributed by atoms with Gasteiger partial charge in [0.15, 0.2) is 0 Å². The van der Waals surface area contributed by atoms with Gasteiger partial charge < -0.3 is 4.98 Å². The molecule has 3 unspecified atom stereocenters. The fourth-order valence-corrected chi connectivity index (χ4v) is 6.77. The molecule has 2 N–H and O–H groups in total. The first kappa shape index (κ1) is 23.8. The van der Waals surface area contributed by atoms with Gasteiger partial charge in [0.25, 0.3) is 0 Å². The van der Waals surface area contributed by atoms with Gasteiger partial charge in [-0.15, -0.1) is 0 Å². The van der Waals surface area contributed by atoms with E-state index in [1.165, 1.54) is 5.56 Å². The first-order valence-corrected chi connectivity index (χ1v) is 12.8. The largest absolute Gasteiger partial charge is 0.358 e. The quantitative estimate of drug-likeness (QED) is 0.293. The number of aliphatic imine (C=N–C) groups is 1. The van der Waals surface area contributed by atoms with Crippen LogP contribution in [0.1, 0.15) is 74.7 Å². The minimum Gasteiger partial charge on any atom is -0.358 e. The second-order valence-electron chi connectivity index (χ2n) is 10.7. The molecule has 1 aliphatic heterocycles. The van der Waals surface area contributed by atoms with E-state index in [0.29, 0.717) is 17.8 Å². The standard InChI is InChI=1S/C31H36N2O2/c1-18-15-19(2)28(20(3)16-18)31(35-34)29-22(5)33-27(30(29)23-11-7-6-8-12-23)17-26-25-14-10-9-13-24(25)21(4)32-26/h6-14,17-20,28,31,33-34H,15-16H2,1-5H3. The molecule has 3 atom stereocenters. The van der Waals surface area contributed by atoms with Crippen LogP contribution in [0.2, 0.25) is 0 Å². The van der Waals surface area contributed by atoms with E-state index in [-0.39, 0.29) is 5.92 Å². The molecule has 2 heterocycles. The molecule has 0 bridgehead atoms. The Labute approximate surface area is 208 Å². The Bertz CT molecular complexity index is 1260. The molecule has 182 valence electrons. The number of fused-ring (bicyclic) bond motifs is 1. The lowest BCUT2D eigenvalue weighted by molar-refractivity contribution is -0.303. The van der Waals surface area contributed by atoms with Crippen LogP contribution < -0.4 is 0 Å². The van der Waals surface area contributed by atoms with Crippen LogP contribution in [0.15, 0.2) is 59.6 Å².